The van der Waals surface area contributed by atoms with Gasteiger partial charge in [-0.1, -0.05) is 6.07 Å². The number of nitrogens with zero attached hydrogens (tertiary/aromatic N) is 2. The number of piperidine rings is 1. The molecular formula is C15H16N2O2. The van der Waals surface area contributed by atoms with Crippen molar-refractivity contribution < 1.29 is 9.90 Å². The molecule has 98 valence electrons. The van der Waals surface area contributed by atoms with E-state index in [1.807, 2.05) is 18.2 Å². The molecule has 2 heterocycles. The van der Waals surface area contributed by atoms with Crippen LogP contribution in [-0.4, -0.2) is 23.2 Å². The van der Waals surface area contributed by atoms with Crippen LogP contribution >= 0.6 is 0 Å². The highest BCUT2D eigenvalue weighted by molar-refractivity contribution is 5.71. The number of hydrogen-bond donors (Lipinski definition) is 1. The van der Waals surface area contributed by atoms with Crippen LogP contribution in [0.4, 0.5) is 5.69 Å². The molecule has 0 aromatic heterocycles. The summed E-state index contributed by atoms with van der Waals surface area (Å²) < 4.78 is 0. The smallest absolute Gasteiger partial charge is 0.306 e. The van der Waals surface area contributed by atoms with Gasteiger partial charge in [0.2, 0.25) is 0 Å². The van der Waals surface area contributed by atoms with Crippen LogP contribution in [0.3, 0.4) is 0 Å². The van der Waals surface area contributed by atoms with E-state index in [0.717, 1.165) is 31.4 Å². The van der Waals surface area contributed by atoms with Gasteiger partial charge in [0, 0.05) is 17.8 Å². The number of hydrogen-bond acceptors (Lipinski definition) is 3. The van der Waals surface area contributed by atoms with Crippen LogP contribution in [0, 0.1) is 17.2 Å². The lowest BCUT2D eigenvalue weighted by Gasteiger charge is -2.39. The van der Waals surface area contributed by atoms with Gasteiger partial charge in [-0.25, -0.2) is 0 Å². The van der Waals surface area contributed by atoms with Gasteiger partial charge < -0.3 is 10.0 Å². The predicted molar refractivity (Wildman–Crippen MR) is 70.8 cm³/mol. The molecule has 3 rings (SSSR count). The molecule has 1 N–H and O–H groups in total. The van der Waals surface area contributed by atoms with E-state index in [9.17, 15) is 9.90 Å². The highest BCUT2D eigenvalue weighted by atomic mass is 16.4. The molecule has 4 nitrogen and oxygen atoms in total. The zero-order chi connectivity index (χ0) is 13.4. The van der Waals surface area contributed by atoms with Gasteiger partial charge in [-0.15, -0.1) is 0 Å². The van der Waals surface area contributed by atoms with Gasteiger partial charge in [-0.05, 0) is 43.9 Å². The van der Waals surface area contributed by atoms with Gasteiger partial charge in [0.15, 0.2) is 0 Å². The number of aliphatic carboxylic acids is 1. The van der Waals surface area contributed by atoms with Gasteiger partial charge >= 0.3 is 5.97 Å². The second kappa shape index (κ2) is 4.58. The number of carbonyl (C=O) groups is 1. The minimum absolute atomic E-state index is 0.201. The molecule has 2 aliphatic rings. The van der Waals surface area contributed by atoms with Crippen LogP contribution in [0.25, 0.3) is 0 Å². The molecule has 0 aliphatic carbocycles. The molecule has 2 bridgehead atoms. The van der Waals surface area contributed by atoms with Crippen LogP contribution in [0.5, 0.6) is 0 Å². The van der Waals surface area contributed by atoms with Crippen molar-refractivity contribution in [3.8, 4) is 6.07 Å². The molecule has 0 amide bonds. The first-order valence-electron chi connectivity index (χ1n) is 6.70. The lowest BCUT2D eigenvalue weighted by atomic mass is 9.90. The Balaban J connectivity index is 1.87. The maximum absolute atomic E-state index is 11.2. The molecule has 1 aromatic carbocycles. The molecule has 0 spiro atoms. The van der Waals surface area contributed by atoms with Crippen LogP contribution in [-0.2, 0) is 4.79 Å². The third-order valence-corrected chi connectivity index (χ3v) is 4.36. The SMILES string of the molecule is N#Cc1cccc(N2C3CCC2CC(C(=O)O)C3)c1. The first-order chi connectivity index (χ1) is 9.19. The number of benzene rings is 1. The van der Waals surface area contributed by atoms with Gasteiger partial charge in [0.25, 0.3) is 0 Å². The Morgan fingerprint density at radius 1 is 1.32 bits per heavy atom. The maximum atomic E-state index is 11.2. The number of nitriles is 1. The Morgan fingerprint density at radius 3 is 2.58 bits per heavy atom. The third kappa shape index (κ3) is 2.06. The Kier molecular flexibility index (Phi) is 2.90. The summed E-state index contributed by atoms with van der Waals surface area (Å²) in [6, 6.07) is 10.4. The number of fused-ring (bicyclic) bond motifs is 2. The zero-order valence-electron chi connectivity index (χ0n) is 10.6. The molecule has 0 saturated carbocycles. The number of anilines is 1. The normalized spacial score (nSPS) is 29.0. The maximum Gasteiger partial charge on any atom is 0.306 e. The van der Waals surface area contributed by atoms with Crippen LogP contribution < -0.4 is 4.90 Å². The average Bonchev–Trinajstić information content (AvgIpc) is 2.69. The number of carboxylic acid groups (broad SMARTS) is 1. The van der Waals surface area contributed by atoms with E-state index in [0.29, 0.717) is 17.6 Å². The molecule has 2 unspecified atom stereocenters. The van der Waals surface area contributed by atoms with Crippen molar-refractivity contribution in [2.45, 2.75) is 37.8 Å². The minimum Gasteiger partial charge on any atom is -0.481 e. The van der Waals surface area contributed by atoms with E-state index in [-0.39, 0.29) is 5.92 Å². The van der Waals surface area contributed by atoms with E-state index in [1.54, 1.807) is 6.07 Å². The van der Waals surface area contributed by atoms with Crippen LogP contribution in [0.2, 0.25) is 0 Å². The Labute approximate surface area is 112 Å². The van der Waals surface area contributed by atoms with Gasteiger partial charge in [0.1, 0.15) is 0 Å². The molecular weight excluding hydrogens is 240 g/mol. The largest absolute Gasteiger partial charge is 0.481 e. The van der Waals surface area contributed by atoms with Gasteiger partial charge in [-0.3, -0.25) is 4.79 Å². The van der Waals surface area contributed by atoms with Crippen molar-refractivity contribution in [1.82, 2.24) is 0 Å². The van der Waals surface area contributed by atoms with E-state index in [1.165, 1.54) is 0 Å². The van der Waals surface area contributed by atoms with E-state index in [2.05, 4.69) is 11.0 Å². The lowest BCUT2D eigenvalue weighted by Crippen LogP contribution is -2.44. The summed E-state index contributed by atoms with van der Waals surface area (Å²) in [7, 11) is 0. The predicted octanol–water partition coefficient (Wildman–Crippen LogP) is 2.39. The van der Waals surface area contributed by atoms with Crippen molar-refractivity contribution >= 4 is 11.7 Å². The molecule has 1 aromatic rings. The van der Waals surface area contributed by atoms with Crippen molar-refractivity contribution in [3.05, 3.63) is 29.8 Å². The van der Waals surface area contributed by atoms with E-state index < -0.39 is 5.97 Å². The van der Waals surface area contributed by atoms with Gasteiger partial charge in [-0.2, -0.15) is 5.26 Å². The van der Waals surface area contributed by atoms with Gasteiger partial charge in [0.05, 0.1) is 17.6 Å². The Bertz CT molecular complexity index is 535. The first kappa shape index (κ1) is 12.0. The molecule has 19 heavy (non-hydrogen) atoms. The van der Waals surface area contributed by atoms with Crippen LogP contribution in [0.1, 0.15) is 31.2 Å². The quantitative estimate of drug-likeness (QED) is 0.882. The monoisotopic (exact) mass is 256 g/mol. The fourth-order valence-electron chi connectivity index (χ4n) is 3.54. The Morgan fingerprint density at radius 2 is 2.00 bits per heavy atom. The van der Waals surface area contributed by atoms with Crippen molar-refractivity contribution in [2.75, 3.05) is 4.90 Å². The van der Waals surface area contributed by atoms with Crippen molar-refractivity contribution in [1.29, 1.82) is 5.26 Å². The third-order valence-electron chi connectivity index (χ3n) is 4.36. The fraction of sp³-hybridized carbons (Fsp3) is 0.467. The first-order valence-corrected chi connectivity index (χ1v) is 6.70. The molecule has 2 saturated heterocycles. The zero-order valence-corrected chi connectivity index (χ0v) is 10.6. The second-order valence-electron chi connectivity index (χ2n) is 5.46. The Hall–Kier alpha value is -2.02. The molecule has 2 fully saturated rings. The summed E-state index contributed by atoms with van der Waals surface area (Å²) in [6.45, 7) is 0. The summed E-state index contributed by atoms with van der Waals surface area (Å²) in [6.07, 6.45) is 3.57. The molecule has 2 aliphatic heterocycles. The molecule has 2 atom stereocenters. The topological polar surface area (TPSA) is 64.3 Å². The highest BCUT2D eigenvalue weighted by Gasteiger charge is 2.42. The van der Waals surface area contributed by atoms with E-state index >= 15 is 0 Å². The molecule has 4 heteroatoms. The van der Waals surface area contributed by atoms with Crippen LogP contribution in [0.15, 0.2) is 24.3 Å². The molecule has 0 radical (unpaired) electrons. The second-order valence-corrected chi connectivity index (χ2v) is 5.46. The average molecular weight is 256 g/mol. The van der Waals surface area contributed by atoms with Crippen molar-refractivity contribution in [3.63, 3.8) is 0 Å². The number of rotatable bonds is 2. The van der Waals surface area contributed by atoms with E-state index in [4.69, 9.17) is 5.26 Å². The minimum atomic E-state index is -0.665. The van der Waals surface area contributed by atoms with Crippen molar-refractivity contribution in [2.24, 2.45) is 5.92 Å². The fourth-order valence-corrected chi connectivity index (χ4v) is 3.54. The summed E-state index contributed by atoms with van der Waals surface area (Å²) >= 11 is 0. The summed E-state index contributed by atoms with van der Waals surface area (Å²) in [4.78, 5) is 13.5. The summed E-state index contributed by atoms with van der Waals surface area (Å²) in [5.74, 6) is -0.866. The summed E-state index contributed by atoms with van der Waals surface area (Å²) in [5.41, 5.74) is 1.73. The summed E-state index contributed by atoms with van der Waals surface area (Å²) in [5, 5.41) is 18.2. The number of carboxylic acids is 1. The standard InChI is InChI=1S/C15H16N2O2/c16-9-10-2-1-3-12(6-10)17-13-4-5-14(17)8-11(7-13)15(18)19/h1-3,6,11,13-14H,4-5,7-8H2,(H,18,19). The lowest BCUT2D eigenvalue weighted by molar-refractivity contribution is -0.142. The highest BCUT2D eigenvalue weighted by Crippen LogP contribution is 2.41.